The van der Waals surface area contributed by atoms with Crippen LogP contribution in [0.2, 0.25) is 0 Å². The predicted molar refractivity (Wildman–Crippen MR) is 100 cm³/mol. The first-order valence-corrected chi connectivity index (χ1v) is 8.78. The molecule has 0 rings (SSSR count). The van der Waals surface area contributed by atoms with E-state index in [4.69, 9.17) is 5.11 Å². The van der Waals surface area contributed by atoms with Crippen LogP contribution in [-0.2, 0) is 0 Å². The number of hydrogen-bond acceptors (Lipinski definition) is 1. The molecule has 0 aromatic carbocycles. The molecule has 0 saturated carbocycles. The number of hydrogen-bond donors (Lipinski definition) is 1. The van der Waals surface area contributed by atoms with E-state index in [1.54, 1.807) is 0 Å². The molecule has 0 spiro atoms. The Bertz CT molecular complexity index is 369. The van der Waals surface area contributed by atoms with E-state index in [-0.39, 0.29) is 0 Å². The molecule has 0 aromatic rings. The molecule has 0 atom stereocenters. The highest BCUT2D eigenvalue weighted by Gasteiger charge is 1.89. The van der Waals surface area contributed by atoms with Gasteiger partial charge in [-0.15, -0.1) is 0 Å². The van der Waals surface area contributed by atoms with Gasteiger partial charge < -0.3 is 5.11 Å². The second-order valence-corrected chi connectivity index (χ2v) is 5.69. The largest absolute Gasteiger partial charge is 0.515 e. The first kappa shape index (κ1) is 20.5. The number of allylic oxidation sites excluding steroid dienone is 9. The van der Waals surface area contributed by atoms with Crippen molar-refractivity contribution >= 4 is 0 Å². The van der Waals surface area contributed by atoms with E-state index in [1.165, 1.54) is 57.8 Å². The van der Waals surface area contributed by atoms with E-state index >= 15 is 0 Å². The van der Waals surface area contributed by atoms with Crippen molar-refractivity contribution < 1.29 is 5.11 Å². The van der Waals surface area contributed by atoms with E-state index in [1.807, 2.05) is 37.3 Å². The van der Waals surface area contributed by atoms with Gasteiger partial charge in [0.2, 0.25) is 0 Å². The summed E-state index contributed by atoms with van der Waals surface area (Å²) in [6, 6.07) is 0. The zero-order chi connectivity index (χ0) is 16.3. The molecule has 1 N–H and O–H groups in total. The quantitative estimate of drug-likeness (QED) is 0.216. The van der Waals surface area contributed by atoms with Gasteiger partial charge in [-0.25, -0.2) is 0 Å². The number of rotatable bonds is 13. The van der Waals surface area contributed by atoms with Crippen molar-refractivity contribution in [2.45, 2.75) is 71.6 Å². The van der Waals surface area contributed by atoms with Gasteiger partial charge in [-0.3, -0.25) is 0 Å². The number of aliphatic hydroxyl groups is 1. The minimum atomic E-state index is 0.846. The van der Waals surface area contributed by atoms with Gasteiger partial charge in [0, 0.05) is 0 Å². The molecular formula is C21H34O. The molecule has 22 heavy (non-hydrogen) atoms. The molecule has 0 saturated heterocycles. The summed E-state index contributed by atoms with van der Waals surface area (Å²) in [5.74, 6) is 0. The predicted octanol–water partition coefficient (Wildman–Crippen LogP) is 7.20. The van der Waals surface area contributed by atoms with E-state index in [0.717, 1.165) is 11.8 Å². The van der Waals surface area contributed by atoms with Gasteiger partial charge in [-0.1, -0.05) is 100 Å². The summed E-state index contributed by atoms with van der Waals surface area (Å²) in [4.78, 5) is 0. The van der Waals surface area contributed by atoms with Crippen LogP contribution >= 0.6 is 0 Å². The average molecular weight is 303 g/mol. The molecule has 0 heterocycles. The highest BCUT2D eigenvalue weighted by atomic mass is 16.2. The zero-order valence-corrected chi connectivity index (χ0v) is 14.5. The zero-order valence-electron chi connectivity index (χ0n) is 14.5. The third-order valence-corrected chi connectivity index (χ3v) is 3.48. The Morgan fingerprint density at radius 3 is 1.91 bits per heavy atom. The van der Waals surface area contributed by atoms with Crippen LogP contribution in [-0.4, -0.2) is 5.11 Å². The molecule has 0 aliphatic rings. The molecule has 0 aliphatic carbocycles. The molecule has 1 heteroatoms. The minimum Gasteiger partial charge on any atom is -0.515 e. The van der Waals surface area contributed by atoms with Gasteiger partial charge in [-0.2, -0.15) is 0 Å². The maximum atomic E-state index is 8.70. The highest BCUT2D eigenvalue weighted by molar-refractivity contribution is 5.21. The Balaban J connectivity index is 3.45. The molecular weight excluding hydrogens is 268 g/mol. The highest BCUT2D eigenvalue weighted by Crippen LogP contribution is 2.09. The summed E-state index contributed by atoms with van der Waals surface area (Å²) < 4.78 is 0. The molecule has 1 nitrogen and oxygen atoms in total. The lowest BCUT2D eigenvalue weighted by Gasteiger charge is -1.99. The van der Waals surface area contributed by atoms with Crippen LogP contribution in [0.3, 0.4) is 0 Å². The molecule has 0 aliphatic heterocycles. The van der Waals surface area contributed by atoms with Gasteiger partial charge in [0.1, 0.15) is 0 Å². The molecule has 0 fully saturated rings. The van der Waals surface area contributed by atoms with Gasteiger partial charge in [0.25, 0.3) is 0 Å². The smallest absolute Gasteiger partial charge is 0.0820 e. The summed E-state index contributed by atoms with van der Waals surface area (Å²) >= 11 is 0. The Kier molecular flexibility index (Phi) is 16.4. The lowest BCUT2D eigenvalue weighted by molar-refractivity contribution is 0.469. The number of unbranched alkanes of at least 4 members (excludes halogenated alkanes) is 8. The van der Waals surface area contributed by atoms with Crippen LogP contribution in [0.25, 0.3) is 0 Å². The normalized spacial score (nSPS) is 13.5. The Labute approximate surface area is 137 Å². The molecule has 0 amide bonds. The van der Waals surface area contributed by atoms with Crippen molar-refractivity contribution in [3.8, 4) is 0 Å². The third kappa shape index (κ3) is 16.6. The maximum Gasteiger partial charge on any atom is 0.0820 e. The lowest BCUT2D eigenvalue weighted by Crippen LogP contribution is -1.79. The summed E-state index contributed by atoms with van der Waals surface area (Å²) in [6.07, 6.45) is 29.5. The topological polar surface area (TPSA) is 20.2 Å². The van der Waals surface area contributed by atoms with Gasteiger partial charge in [-0.05, 0) is 25.3 Å². The van der Waals surface area contributed by atoms with Crippen molar-refractivity contribution in [2.75, 3.05) is 0 Å². The first-order chi connectivity index (χ1) is 10.8. The van der Waals surface area contributed by atoms with Gasteiger partial charge >= 0.3 is 0 Å². The van der Waals surface area contributed by atoms with Crippen LogP contribution in [0.4, 0.5) is 0 Å². The summed E-state index contributed by atoms with van der Waals surface area (Å²) in [6.45, 7) is 4.12. The Morgan fingerprint density at radius 2 is 1.27 bits per heavy atom. The van der Waals surface area contributed by atoms with Gasteiger partial charge in [0.15, 0.2) is 0 Å². The first-order valence-electron chi connectivity index (χ1n) is 8.78. The fraction of sp³-hybridized carbons (Fsp3) is 0.524. The maximum absolute atomic E-state index is 8.70. The molecule has 0 bridgehead atoms. The fourth-order valence-corrected chi connectivity index (χ4v) is 2.08. The fourth-order valence-electron chi connectivity index (χ4n) is 2.08. The second-order valence-electron chi connectivity index (χ2n) is 5.69. The van der Waals surface area contributed by atoms with Crippen molar-refractivity contribution in [1.29, 1.82) is 0 Å². The lowest BCUT2D eigenvalue weighted by atomic mass is 10.1. The van der Waals surface area contributed by atoms with Crippen LogP contribution in [0, 0.1) is 0 Å². The van der Waals surface area contributed by atoms with Crippen LogP contribution in [0.15, 0.2) is 60.4 Å². The molecule has 0 aromatic heterocycles. The van der Waals surface area contributed by atoms with Crippen LogP contribution < -0.4 is 0 Å². The van der Waals surface area contributed by atoms with E-state index < -0.39 is 0 Å². The van der Waals surface area contributed by atoms with Gasteiger partial charge in [0.05, 0.1) is 6.26 Å². The standard InChI is InChI=1S/C21H34O/c1-3-4-5-6-7-8-9-10-11-12-13-14-15-16-17-18-19-21(2)20-22/h12-20,22H,3-11H2,1-2H3/b13-12+,15-14-,17-16+,19-18+,21-20+. The Hall–Kier alpha value is -1.50. The minimum absolute atomic E-state index is 0.846. The van der Waals surface area contributed by atoms with Crippen molar-refractivity contribution in [3.05, 3.63) is 60.4 Å². The SMILES string of the molecule is CCCCCCCCCC/C=C/C=C\C=C\C=C\C(C)=C\O. The van der Waals surface area contributed by atoms with Crippen LogP contribution in [0.5, 0.6) is 0 Å². The molecule has 0 radical (unpaired) electrons. The monoisotopic (exact) mass is 302 g/mol. The van der Waals surface area contributed by atoms with E-state index in [0.29, 0.717) is 0 Å². The molecule has 0 unspecified atom stereocenters. The van der Waals surface area contributed by atoms with Crippen LogP contribution in [0.1, 0.15) is 71.6 Å². The van der Waals surface area contributed by atoms with Crippen molar-refractivity contribution in [3.63, 3.8) is 0 Å². The summed E-state index contributed by atoms with van der Waals surface area (Å²) in [5, 5.41) is 8.70. The summed E-state index contributed by atoms with van der Waals surface area (Å²) in [5.41, 5.74) is 0.846. The second kappa shape index (κ2) is 17.6. The Morgan fingerprint density at radius 1 is 0.727 bits per heavy atom. The average Bonchev–Trinajstić information content (AvgIpc) is 2.54. The van der Waals surface area contributed by atoms with Crippen molar-refractivity contribution in [1.82, 2.24) is 0 Å². The molecule has 124 valence electrons. The van der Waals surface area contributed by atoms with Crippen molar-refractivity contribution in [2.24, 2.45) is 0 Å². The summed E-state index contributed by atoms with van der Waals surface area (Å²) in [7, 11) is 0. The van der Waals surface area contributed by atoms with E-state index in [9.17, 15) is 0 Å². The van der Waals surface area contributed by atoms with E-state index in [2.05, 4.69) is 25.2 Å². The number of aliphatic hydroxyl groups excluding tert-OH is 1. The third-order valence-electron chi connectivity index (χ3n) is 3.48.